The Morgan fingerprint density at radius 2 is 1.55 bits per heavy atom. The number of benzene rings is 2. The molecule has 0 unspecified atom stereocenters. The van der Waals surface area contributed by atoms with Gasteiger partial charge >= 0.3 is 0 Å². The van der Waals surface area contributed by atoms with Gasteiger partial charge in [0, 0.05) is 26.2 Å². The van der Waals surface area contributed by atoms with Gasteiger partial charge in [0.05, 0.1) is 9.79 Å². The number of carbonyl (C=O) groups excluding carboxylic acids is 1. The van der Waals surface area contributed by atoms with Gasteiger partial charge < -0.3 is 10.1 Å². The topological polar surface area (TPSA) is 122 Å². The van der Waals surface area contributed by atoms with Gasteiger partial charge in [-0.25, -0.2) is 21.6 Å². The molecule has 3 rings (SSSR count). The molecule has 2 aromatic rings. The van der Waals surface area contributed by atoms with Crippen LogP contribution in [0.15, 0.2) is 58.3 Å². The summed E-state index contributed by atoms with van der Waals surface area (Å²) >= 11 is 0. The summed E-state index contributed by atoms with van der Waals surface area (Å²) in [5, 5.41) is 2.71. The maximum absolute atomic E-state index is 12.6. The SMILES string of the molecule is CCCNS(=O)(=O)c1ccc(OCC(=O)NCc2ccc(S(=O)(=O)N3CCCC3)cc2)cc1. The van der Waals surface area contributed by atoms with Crippen LogP contribution in [0.3, 0.4) is 0 Å². The summed E-state index contributed by atoms with van der Waals surface area (Å²) in [6, 6.07) is 12.3. The first-order chi connectivity index (χ1) is 15.7. The van der Waals surface area contributed by atoms with E-state index in [2.05, 4.69) is 10.0 Å². The second kappa shape index (κ2) is 11.1. The van der Waals surface area contributed by atoms with Gasteiger partial charge in [-0.2, -0.15) is 4.31 Å². The summed E-state index contributed by atoms with van der Waals surface area (Å²) in [7, 11) is -7.01. The van der Waals surface area contributed by atoms with Crippen LogP contribution in [0.5, 0.6) is 5.75 Å². The van der Waals surface area contributed by atoms with Gasteiger partial charge in [0.2, 0.25) is 20.0 Å². The summed E-state index contributed by atoms with van der Waals surface area (Å²) in [4.78, 5) is 12.5. The lowest BCUT2D eigenvalue weighted by atomic mass is 10.2. The van der Waals surface area contributed by atoms with Crippen LogP contribution >= 0.6 is 0 Å². The Balaban J connectivity index is 1.47. The van der Waals surface area contributed by atoms with Gasteiger partial charge in [-0.3, -0.25) is 4.79 Å². The highest BCUT2D eigenvalue weighted by Crippen LogP contribution is 2.21. The van der Waals surface area contributed by atoms with Gasteiger partial charge in [-0.1, -0.05) is 19.1 Å². The van der Waals surface area contributed by atoms with E-state index in [0.717, 1.165) is 18.4 Å². The maximum Gasteiger partial charge on any atom is 0.258 e. The molecule has 1 aliphatic heterocycles. The van der Waals surface area contributed by atoms with E-state index in [0.29, 0.717) is 31.8 Å². The van der Waals surface area contributed by atoms with Crippen LogP contribution in [0.1, 0.15) is 31.7 Å². The van der Waals surface area contributed by atoms with Gasteiger partial charge in [-0.05, 0) is 61.2 Å². The average molecular weight is 496 g/mol. The Bertz CT molecular complexity index is 1140. The van der Waals surface area contributed by atoms with Crippen LogP contribution in [-0.4, -0.2) is 53.3 Å². The zero-order chi connectivity index (χ0) is 23.9. The van der Waals surface area contributed by atoms with Crippen molar-refractivity contribution in [1.29, 1.82) is 0 Å². The molecule has 0 aromatic heterocycles. The average Bonchev–Trinajstić information content (AvgIpc) is 3.37. The van der Waals surface area contributed by atoms with Gasteiger partial charge in [0.1, 0.15) is 5.75 Å². The summed E-state index contributed by atoms with van der Waals surface area (Å²) in [6.45, 7) is 3.33. The van der Waals surface area contributed by atoms with Crippen molar-refractivity contribution in [3.63, 3.8) is 0 Å². The fourth-order valence-corrected chi connectivity index (χ4v) is 5.94. The third kappa shape index (κ3) is 6.76. The van der Waals surface area contributed by atoms with Gasteiger partial charge in [-0.15, -0.1) is 0 Å². The Kier molecular flexibility index (Phi) is 8.46. The molecule has 9 nitrogen and oxygen atoms in total. The quantitative estimate of drug-likeness (QED) is 0.491. The van der Waals surface area contributed by atoms with E-state index >= 15 is 0 Å². The van der Waals surface area contributed by atoms with Crippen molar-refractivity contribution in [3.8, 4) is 5.75 Å². The van der Waals surface area contributed by atoms with Crippen LogP contribution in [0, 0.1) is 0 Å². The Hall–Kier alpha value is -2.47. The number of nitrogens with one attached hydrogen (secondary N) is 2. The van der Waals surface area contributed by atoms with Gasteiger partial charge in [0.15, 0.2) is 6.61 Å². The van der Waals surface area contributed by atoms with E-state index in [-0.39, 0.29) is 28.8 Å². The third-order valence-electron chi connectivity index (χ3n) is 5.16. The number of nitrogens with zero attached hydrogens (tertiary/aromatic N) is 1. The molecule has 180 valence electrons. The molecule has 2 aromatic carbocycles. The minimum atomic E-state index is -3.55. The van der Waals surface area contributed by atoms with E-state index < -0.39 is 20.0 Å². The number of amides is 1. The maximum atomic E-state index is 12.6. The van der Waals surface area contributed by atoms with Crippen molar-refractivity contribution in [2.45, 2.75) is 42.5 Å². The monoisotopic (exact) mass is 495 g/mol. The van der Waals surface area contributed by atoms with E-state index in [9.17, 15) is 21.6 Å². The van der Waals surface area contributed by atoms with Crippen molar-refractivity contribution in [1.82, 2.24) is 14.3 Å². The summed E-state index contributed by atoms with van der Waals surface area (Å²) in [5.41, 5.74) is 0.762. The molecule has 33 heavy (non-hydrogen) atoms. The Morgan fingerprint density at radius 3 is 2.15 bits per heavy atom. The van der Waals surface area contributed by atoms with E-state index in [4.69, 9.17) is 4.74 Å². The zero-order valence-electron chi connectivity index (χ0n) is 18.5. The highest BCUT2D eigenvalue weighted by molar-refractivity contribution is 7.89. The molecule has 0 spiro atoms. The molecule has 0 aliphatic carbocycles. The van der Waals surface area contributed by atoms with Crippen molar-refractivity contribution >= 4 is 26.0 Å². The highest BCUT2D eigenvalue weighted by Gasteiger charge is 2.26. The standard InChI is InChI=1S/C22H29N3O6S2/c1-2-13-24-32(27,28)20-11-7-19(8-12-20)31-17-22(26)23-16-18-5-9-21(10-6-18)33(29,30)25-14-3-4-15-25/h5-12,24H,2-4,13-17H2,1H3,(H,23,26). The molecule has 1 fully saturated rings. The molecule has 2 N–H and O–H groups in total. The van der Waals surface area contributed by atoms with Crippen LogP contribution in [0.25, 0.3) is 0 Å². The van der Waals surface area contributed by atoms with E-state index in [1.165, 1.54) is 28.6 Å². The van der Waals surface area contributed by atoms with Crippen molar-refractivity contribution in [2.75, 3.05) is 26.2 Å². The molecule has 0 bridgehead atoms. The lowest BCUT2D eigenvalue weighted by Crippen LogP contribution is -2.29. The predicted octanol–water partition coefficient (Wildman–Crippen LogP) is 1.85. The van der Waals surface area contributed by atoms with Gasteiger partial charge in [0.25, 0.3) is 5.91 Å². The molecular formula is C22H29N3O6S2. The number of sulfonamides is 2. The van der Waals surface area contributed by atoms with E-state index in [1.54, 1.807) is 24.3 Å². The largest absolute Gasteiger partial charge is 0.484 e. The van der Waals surface area contributed by atoms with E-state index in [1.807, 2.05) is 6.92 Å². The number of hydrogen-bond acceptors (Lipinski definition) is 6. The number of ether oxygens (including phenoxy) is 1. The van der Waals surface area contributed by atoms with Crippen molar-refractivity contribution < 1.29 is 26.4 Å². The minimum absolute atomic E-state index is 0.128. The Labute approximate surface area is 195 Å². The second-order valence-electron chi connectivity index (χ2n) is 7.69. The van der Waals surface area contributed by atoms with Crippen molar-refractivity contribution in [2.24, 2.45) is 0 Å². The Morgan fingerprint density at radius 1 is 0.939 bits per heavy atom. The molecule has 1 amide bonds. The minimum Gasteiger partial charge on any atom is -0.484 e. The molecule has 1 aliphatic rings. The van der Waals surface area contributed by atoms with Crippen LogP contribution in [0.4, 0.5) is 0 Å². The smallest absolute Gasteiger partial charge is 0.258 e. The normalized spacial score (nSPS) is 14.8. The lowest BCUT2D eigenvalue weighted by molar-refractivity contribution is -0.123. The molecule has 1 heterocycles. The summed E-state index contributed by atoms with van der Waals surface area (Å²) in [5.74, 6) is 0.0149. The fraction of sp³-hybridized carbons (Fsp3) is 0.409. The first-order valence-corrected chi connectivity index (χ1v) is 13.7. The number of hydrogen-bond donors (Lipinski definition) is 2. The molecular weight excluding hydrogens is 466 g/mol. The summed E-state index contributed by atoms with van der Waals surface area (Å²) < 4.78 is 58.7. The molecule has 0 radical (unpaired) electrons. The van der Waals surface area contributed by atoms with Crippen LogP contribution in [-0.2, 0) is 31.4 Å². The van der Waals surface area contributed by atoms with Crippen molar-refractivity contribution in [3.05, 3.63) is 54.1 Å². The highest BCUT2D eigenvalue weighted by atomic mass is 32.2. The van der Waals surface area contributed by atoms with Crippen LogP contribution < -0.4 is 14.8 Å². The third-order valence-corrected chi connectivity index (χ3v) is 8.55. The lowest BCUT2D eigenvalue weighted by Gasteiger charge is -2.15. The fourth-order valence-electron chi connectivity index (χ4n) is 3.29. The molecule has 0 atom stereocenters. The zero-order valence-corrected chi connectivity index (χ0v) is 20.1. The number of rotatable bonds is 11. The molecule has 11 heteroatoms. The number of carbonyl (C=O) groups is 1. The second-order valence-corrected chi connectivity index (χ2v) is 11.4. The molecule has 1 saturated heterocycles. The predicted molar refractivity (Wildman–Crippen MR) is 124 cm³/mol. The summed E-state index contributed by atoms with van der Waals surface area (Å²) in [6.07, 6.45) is 2.45. The van der Waals surface area contributed by atoms with Crippen LogP contribution in [0.2, 0.25) is 0 Å². The first-order valence-electron chi connectivity index (χ1n) is 10.8. The first kappa shape index (κ1) is 25.2. The molecule has 0 saturated carbocycles.